The minimum absolute atomic E-state index is 0.0525. The minimum Gasteiger partial charge on any atom is -0.345 e. The highest BCUT2D eigenvalue weighted by Gasteiger charge is 2.22. The molecule has 3 rings (SSSR count). The Labute approximate surface area is 199 Å². The number of hydrogen-bond donors (Lipinski definition) is 1. The Morgan fingerprint density at radius 3 is 2.12 bits per heavy atom. The molecule has 2 aromatic carbocycles. The van der Waals surface area contributed by atoms with Gasteiger partial charge < -0.3 is 14.8 Å². The molecule has 1 aromatic heterocycles. The summed E-state index contributed by atoms with van der Waals surface area (Å²) < 4.78 is 2.24. The van der Waals surface area contributed by atoms with E-state index in [1.54, 1.807) is 0 Å². The Hall–Kier alpha value is -3.01. The quantitative estimate of drug-likeness (QED) is 0.382. The average Bonchev–Trinajstić information content (AvgIpc) is 3.18. The van der Waals surface area contributed by atoms with Crippen LogP contribution in [0.15, 0.2) is 60.8 Å². The predicted molar refractivity (Wildman–Crippen MR) is 139 cm³/mol. The molecule has 0 bridgehead atoms. The summed E-state index contributed by atoms with van der Waals surface area (Å²) in [6, 6.07) is 19.1. The lowest BCUT2D eigenvalue weighted by Gasteiger charge is -2.29. The summed E-state index contributed by atoms with van der Waals surface area (Å²) in [4.78, 5) is 15.5. The zero-order valence-electron chi connectivity index (χ0n) is 21.2. The first-order chi connectivity index (χ1) is 15.7. The van der Waals surface area contributed by atoms with E-state index in [1.165, 1.54) is 22.3 Å². The van der Waals surface area contributed by atoms with Gasteiger partial charge in [-0.25, -0.2) is 4.79 Å². The third-order valence-corrected chi connectivity index (χ3v) is 6.18. The van der Waals surface area contributed by atoms with Gasteiger partial charge in [0, 0.05) is 30.2 Å². The summed E-state index contributed by atoms with van der Waals surface area (Å²) in [7, 11) is 0. The molecule has 1 N–H and O–H groups in total. The molecule has 0 aliphatic rings. The maximum Gasteiger partial charge on any atom is 0.322 e. The van der Waals surface area contributed by atoms with Crippen molar-refractivity contribution in [2.24, 2.45) is 0 Å². The van der Waals surface area contributed by atoms with Crippen LogP contribution in [0.25, 0.3) is 0 Å². The number of hydrogen-bond acceptors (Lipinski definition) is 1. The molecule has 0 fully saturated rings. The van der Waals surface area contributed by atoms with Crippen LogP contribution in [0.2, 0.25) is 0 Å². The third kappa shape index (κ3) is 6.07. The second kappa shape index (κ2) is 10.7. The van der Waals surface area contributed by atoms with E-state index in [9.17, 15) is 4.79 Å². The molecule has 0 saturated heterocycles. The van der Waals surface area contributed by atoms with Crippen molar-refractivity contribution < 1.29 is 4.79 Å². The van der Waals surface area contributed by atoms with E-state index in [0.717, 1.165) is 17.9 Å². The van der Waals surface area contributed by atoms with Gasteiger partial charge in [-0.1, -0.05) is 75.7 Å². The zero-order valence-corrected chi connectivity index (χ0v) is 21.2. The number of benzene rings is 2. The molecule has 0 spiro atoms. The average molecular weight is 446 g/mol. The van der Waals surface area contributed by atoms with Gasteiger partial charge in [0.2, 0.25) is 0 Å². The van der Waals surface area contributed by atoms with Crippen molar-refractivity contribution in [1.29, 1.82) is 0 Å². The summed E-state index contributed by atoms with van der Waals surface area (Å²) >= 11 is 0. The molecule has 0 saturated carbocycles. The van der Waals surface area contributed by atoms with Crippen molar-refractivity contribution in [1.82, 2.24) is 9.47 Å². The summed E-state index contributed by atoms with van der Waals surface area (Å²) in [5, 5.41) is 3.29. The second-order valence-corrected chi connectivity index (χ2v) is 9.89. The molecular formula is C29H39N3O. The maximum absolute atomic E-state index is 13.5. The van der Waals surface area contributed by atoms with Gasteiger partial charge in [-0.15, -0.1) is 0 Å². The van der Waals surface area contributed by atoms with E-state index in [2.05, 4.69) is 119 Å². The SMILES string of the molecule is Cc1cccc(Cn2cccc2CN(C(=O)Nc2c(C(C)C)cccc2C(C)C)C(C)C)c1. The molecule has 176 valence electrons. The van der Waals surface area contributed by atoms with Crippen molar-refractivity contribution in [3.8, 4) is 0 Å². The molecule has 3 aromatic rings. The lowest BCUT2D eigenvalue weighted by Crippen LogP contribution is -2.40. The molecule has 0 aliphatic carbocycles. The molecule has 2 amide bonds. The van der Waals surface area contributed by atoms with E-state index in [0.29, 0.717) is 18.4 Å². The zero-order chi connectivity index (χ0) is 24.1. The summed E-state index contributed by atoms with van der Waals surface area (Å²) in [6.45, 7) is 16.3. The number of para-hydroxylation sites is 1. The molecule has 0 aliphatic heterocycles. The first kappa shape index (κ1) is 24.6. The highest BCUT2D eigenvalue weighted by atomic mass is 16.2. The Kier molecular flexibility index (Phi) is 8.01. The number of urea groups is 1. The summed E-state index contributed by atoms with van der Waals surface area (Å²) in [5.41, 5.74) is 6.98. The van der Waals surface area contributed by atoms with Crippen LogP contribution < -0.4 is 5.32 Å². The van der Waals surface area contributed by atoms with Gasteiger partial charge >= 0.3 is 6.03 Å². The highest BCUT2D eigenvalue weighted by Crippen LogP contribution is 2.32. The molecular weight excluding hydrogens is 406 g/mol. The van der Waals surface area contributed by atoms with Crippen LogP contribution in [0.4, 0.5) is 10.5 Å². The van der Waals surface area contributed by atoms with E-state index in [-0.39, 0.29) is 12.1 Å². The van der Waals surface area contributed by atoms with Crippen molar-refractivity contribution in [3.05, 3.63) is 88.7 Å². The number of carbonyl (C=O) groups is 1. The van der Waals surface area contributed by atoms with Gasteiger partial charge in [-0.2, -0.15) is 0 Å². The van der Waals surface area contributed by atoms with E-state index in [1.807, 2.05) is 4.90 Å². The molecule has 4 nitrogen and oxygen atoms in total. The third-order valence-electron chi connectivity index (χ3n) is 6.18. The van der Waals surface area contributed by atoms with Crippen LogP contribution in [0.1, 0.15) is 81.3 Å². The summed E-state index contributed by atoms with van der Waals surface area (Å²) in [5.74, 6) is 0.663. The first-order valence-corrected chi connectivity index (χ1v) is 12.1. The minimum atomic E-state index is -0.0525. The molecule has 1 heterocycles. The maximum atomic E-state index is 13.5. The number of aromatic nitrogens is 1. The van der Waals surface area contributed by atoms with Gasteiger partial charge in [-0.3, -0.25) is 0 Å². The number of anilines is 1. The van der Waals surface area contributed by atoms with Gasteiger partial charge in [0.05, 0.1) is 6.54 Å². The standard InChI is InChI=1S/C29H39N3O/c1-20(2)26-14-9-15-27(21(3)4)28(26)30-29(33)32(22(5)6)19-25-13-10-16-31(25)18-24-12-8-11-23(7)17-24/h8-17,20-22H,18-19H2,1-7H3,(H,30,33). The number of nitrogens with one attached hydrogen (secondary N) is 1. The monoisotopic (exact) mass is 445 g/mol. The number of nitrogens with zero attached hydrogens (tertiary/aromatic N) is 2. The van der Waals surface area contributed by atoms with Crippen molar-refractivity contribution in [2.45, 2.75) is 79.4 Å². The molecule has 4 heteroatoms. The van der Waals surface area contributed by atoms with Crippen LogP contribution in [-0.4, -0.2) is 21.5 Å². The molecule has 0 unspecified atom stereocenters. The topological polar surface area (TPSA) is 37.3 Å². The summed E-state index contributed by atoms with van der Waals surface area (Å²) in [6.07, 6.45) is 2.10. The van der Waals surface area contributed by atoms with Crippen LogP contribution in [0.3, 0.4) is 0 Å². The number of aryl methyl sites for hydroxylation is 1. The van der Waals surface area contributed by atoms with E-state index < -0.39 is 0 Å². The number of rotatable bonds is 8. The van der Waals surface area contributed by atoms with Crippen LogP contribution >= 0.6 is 0 Å². The fourth-order valence-electron chi connectivity index (χ4n) is 4.29. The number of amides is 2. The van der Waals surface area contributed by atoms with Crippen molar-refractivity contribution in [3.63, 3.8) is 0 Å². The second-order valence-electron chi connectivity index (χ2n) is 9.89. The van der Waals surface area contributed by atoms with Gasteiger partial charge in [0.15, 0.2) is 0 Å². The lowest BCUT2D eigenvalue weighted by molar-refractivity contribution is 0.192. The lowest BCUT2D eigenvalue weighted by atomic mass is 9.93. The highest BCUT2D eigenvalue weighted by molar-refractivity contribution is 5.91. The van der Waals surface area contributed by atoms with Gasteiger partial charge in [-0.05, 0) is 61.4 Å². The van der Waals surface area contributed by atoms with Crippen molar-refractivity contribution >= 4 is 11.7 Å². The smallest absolute Gasteiger partial charge is 0.322 e. The largest absolute Gasteiger partial charge is 0.345 e. The molecule has 33 heavy (non-hydrogen) atoms. The van der Waals surface area contributed by atoms with Crippen LogP contribution in [0.5, 0.6) is 0 Å². The number of carbonyl (C=O) groups excluding carboxylic acids is 1. The van der Waals surface area contributed by atoms with E-state index in [4.69, 9.17) is 0 Å². The first-order valence-electron chi connectivity index (χ1n) is 12.1. The fourth-order valence-corrected chi connectivity index (χ4v) is 4.29. The Morgan fingerprint density at radius 1 is 0.909 bits per heavy atom. The van der Waals surface area contributed by atoms with Crippen molar-refractivity contribution in [2.75, 3.05) is 5.32 Å². The van der Waals surface area contributed by atoms with Crippen LogP contribution in [-0.2, 0) is 13.1 Å². The normalized spacial score (nSPS) is 11.5. The van der Waals surface area contributed by atoms with Gasteiger partial charge in [0.25, 0.3) is 0 Å². The predicted octanol–water partition coefficient (Wildman–Crippen LogP) is 7.53. The Morgan fingerprint density at radius 2 is 1.55 bits per heavy atom. The fraction of sp³-hybridized carbons (Fsp3) is 0.414. The van der Waals surface area contributed by atoms with Crippen LogP contribution in [0, 0.1) is 6.92 Å². The Balaban J connectivity index is 1.84. The van der Waals surface area contributed by atoms with E-state index >= 15 is 0 Å². The molecule has 0 radical (unpaired) electrons. The van der Waals surface area contributed by atoms with Gasteiger partial charge in [0.1, 0.15) is 0 Å². The Bertz CT molecular complexity index is 1050. The molecule has 0 atom stereocenters.